The molecule has 1 N–H and O–H groups in total. The van der Waals surface area contributed by atoms with Crippen molar-refractivity contribution in [3.8, 4) is 0 Å². The van der Waals surface area contributed by atoms with Gasteiger partial charge in [-0.2, -0.15) is 0 Å². The highest BCUT2D eigenvalue weighted by atomic mass is 16.5. The Morgan fingerprint density at radius 1 is 1.33 bits per heavy atom. The van der Waals surface area contributed by atoms with E-state index in [0.29, 0.717) is 0 Å². The van der Waals surface area contributed by atoms with Crippen molar-refractivity contribution >= 4 is 0 Å². The minimum absolute atomic E-state index is 0.579. The van der Waals surface area contributed by atoms with E-state index in [9.17, 15) is 5.11 Å². The SMILES string of the molecule is CC(C)(O)CN1CCCOCC1. The molecule has 0 aliphatic carbocycles. The standard InChI is InChI=1S/C9H19NO2/c1-9(2,11)8-10-4-3-6-12-7-5-10/h11H,3-8H2,1-2H3. The Morgan fingerprint density at radius 3 is 2.75 bits per heavy atom. The van der Waals surface area contributed by atoms with Crippen molar-refractivity contribution in [3.05, 3.63) is 0 Å². The summed E-state index contributed by atoms with van der Waals surface area (Å²) in [6.45, 7) is 8.10. The van der Waals surface area contributed by atoms with Gasteiger partial charge in [0, 0.05) is 26.2 Å². The molecule has 0 aromatic heterocycles. The molecule has 0 aromatic rings. The summed E-state index contributed by atoms with van der Waals surface area (Å²) in [5, 5.41) is 9.58. The molecule has 0 bridgehead atoms. The van der Waals surface area contributed by atoms with Crippen LogP contribution in [0.1, 0.15) is 20.3 Å². The van der Waals surface area contributed by atoms with Gasteiger partial charge in [0.1, 0.15) is 0 Å². The van der Waals surface area contributed by atoms with E-state index in [1.165, 1.54) is 0 Å². The lowest BCUT2D eigenvalue weighted by Gasteiger charge is -2.27. The van der Waals surface area contributed by atoms with Gasteiger partial charge in [-0.15, -0.1) is 0 Å². The van der Waals surface area contributed by atoms with Crippen molar-refractivity contribution in [2.45, 2.75) is 25.9 Å². The smallest absolute Gasteiger partial charge is 0.0718 e. The molecule has 3 heteroatoms. The fraction of sp³-hybridized carbons (Fsp3) is 1.00. The van der Waals surface area contributed by atoms with E-state index < -0.39 is 5.60 Å². The molecule has 1 fully saturated rings. The Balaban J connectivity index is 2.30. The van der Waals surface area contributed by atoms with Crippen LogP contribution in [0, 0.1) is 0 Å². The fourth-order valence-electron chi connectivity index (χ4n) is 1.50. The molecule has 0 radical (unpaired) electrons. The van der Waals surface area contributed by atoms with E-state index in [4.69, 9.17) is 4.74 Å². The van der Waals surface area contributed by atoms with Gasteiger partial charge in [-0.05, 0) is 20.3 Å². The van der Waals surface area contributed by atoms with Crippen molar-refractivity contribution in [1.29, 1.82) is 0 Å². The summed E-state index contributed by atoms with van der Waals surface area (Å²) >= 11 is 0. The van der Waals surface area contributed by atoms with Crippen LogP contribution in [0.2, 0.25) is 0 Å². The van der Waals surface area contributed by atoms with Gasteiger partial charge in [0.25, 0.3) is 0 Å². The summed E-state index contributed by atoms with van der Waals surface area (Å²) in [5.74, 6) is 0. The molecule has 12 heavy (non-hydrogen) atoms. The first-order chi connectivity index (χ1) is 5.58. The first-order valence-corrected chi connectivity index (χ1v) is 4.60. The highest BCUT2D eigenvalue weighted by molar-refractivity contribution is 4.72. The van der Waals surface area contributed by atoms with Crippen LogP contribution in [0.25, 0.3) is 0 Å². The topological polar surface area (TPSA) is 32.7 Å². The van der Waals surface area contributed by atoms with Gasteiger partial charge in [-0.3, -0.25) is 4.90 Å². The minimum Gasteiger partial charge on any atom is -0.389 e. The number of hydrogen-bond donors (Lipinski definition) is 1. The molecule has 0 aromatic carbocycles. The highest BCUT2D eigenvalue weighted by Gasteiger charge is 2.18. The monoisotopic (exact) mass is 173 g/mol. The van der Waals surface area contributed by atoms with Gasteiger partial charge in [-0.1, -0.05) is 0 Å². The van der Waals surface area contributed by atoms with Gasteiger partial charge in [-0.25, -0.2) is 0 Å². The van der Waals surface area contributed by atoms with Crippen molar-refractivity contribution < 1.29 is 9.84 Å². The normalized spacial score (nSPS) is 22.2. The van der Waals surface area contributed by atoms with E-state index in [-0.39, 0.29) is 0 Å². The van der Waals surface area contributed by atoms with Crippen LogP contribution in [-0.4, -0.2) is 48.5 Å². The maximum absolute atomic E-state index is 9.58. The maximum atomic E-state index is 9.58. The lowest BCUT2D eigenvalue weighted by Crippen LogP contribution is -2.39. The van der Waals surface area contributed by atoms with Crippen molar-refractivity contribution in [2.75, 3.05) is 32.8 Å². The zero-order chi connectivity index (χ0) is 9.03. The Morgan fingerprint density at radius 2 is 2.08 bits per heavy atom. The summed E-state index contributed by atoms with van der Waals surface area (Å²) in [6, 6.07) is 0. The molecular weight excluding hydrogens is 154 g/mol. The average molecular weight is 173 g/mol. The van der Waals surface area contributed by atoms with Gasteiger partial charge >= 0.3 is 0 Å². The van der Waals surface area contributed by atoms with Crippen molar-refractivity contribution in [3.63, 3.8) is 0 Å². The Labute approximate surface area is 74.3 Å². The molecule has 0 unspecified atom stereocenters. The highest BCUT2D eigenvalue weighted by Crippen LogP contribution is 2.07. The summed E-state index contributed by atoms with van der Waals surface area (Å²) in [4.78, 5) is 2.26. The molecule has 1 heterocycles. The third-order valence-electron chi connectivity index (χ3n) is 1.93. The first-order valence-electron chi connectivity index (χ1n) is 4.60. The molecule has 1 saturated heterocycles. The predicted octanol–water partition coefficient (Wildman–Crippen LogP) is 0.480. The number of aliphatic hydroxyl groups is 1. The molecule has 0 amide bonds. The summed E-state index contributed by atoms with van der Waals surface area (Å²) in [7, 11) is 0. The Bertz CT molecular complexity index is 123. The second-order valence-electron chi connectivity index (χ2n) is 4.05. The minimum atomic E-state index is -0.579. The van der Waals surface area contributed by atoms with E-state index in [1.807, 2.05) is 13.8 Å². The number of β-amino-alcohol motifs (C(OH)–C–C–N with tert-alkyl or cyclic N) is 1. The number of hydrogen-bond acceptors (Lipinski definition) is 3. The van der Waals surface area contributed by atoms with E-state index in [1.54, 1.807) is 0 Å². The summed E-state index contributed by atoms with van der Waals surface area (Å²) in [6.07, 6.45) is 1.08. The van der Waals surface area contributed by atoms with Crippen LogP contribution in [0.15, 0.2) is 0 Å². The summed E-state index contributed by atoms with van der Waals surface area (Å²) < 4.78 is 5.32. The van der Waals surface area contributed by atoms with Crippen LogP contribution < -0.4 is 0 Å². The Kier molecular flexibility index (Phi) is 3.50. The fourth-order valence-corrected chi connectivity index (χ4v) is 1.50. The largest absolute Gasteiger partial charge is 0.389 e. The molecule has 72 valence electrons. The van der Waals surface area contributed by atoms with Crippen LogP contribution in [-0.2, 0) is 4.74 Å². The van der Waals surface area contributed by atoms with Gasteiger partial charge in [0.05, 0.1) is 12.2 Å². The van der Waals surface area contributed by atoms with Gasteiger partial charge in [0.2, 0.25) is 0 Å². The van der Waals surface area contributed by atoms with Gasteiger partial charge < -0.3 is 9.84 Å². The lowest BCUT2D eigenvalue weighted by atomic mass is 10.1. The maximum Gasteiger partial charge on any atom is 0.0718 e. The van der Waals surface area contributed by atoms with Crippen LogP contribution in [0.5, 0.6) is 0 Å². The van der Waals surface area contributed by atoms with Gasteiger partial charge in [0.15, 0.2) is 0 Å². The number of rotatable bonds is 2. The molecule has 3 nitrogen and oxygen atoms in total. The molecular formula is C9H19NO2. The predicted molar refractivity (Wildman–Crippen MR) is 48.2 cm³/mol. The molecule has 0 spiro atoms. The summed E-state index contributed by atoms with van der Waals surface area (Å²) in [5.41, 5.74) is -0.579. The van der Waals surface area contributed by atoms with Crippen molar-refractivity contribution in [2.24, 2.45) is 0 Å². The molecule has 1 rings (SSSR count). The molecule has 1 aliphatic rings. The van der Waals surface area contributed by atoms with E-state index in [2.05, 4.69) is 4.90 Å². The third-order valence-corrected chi connectivity index (χ3v) is 1.93. The quantitative estimate of drug-likeness (QED) is 0.659. The third kappa shape index (κ3) is 4.04. The van der Waals surface area contributed by atoms with Crippen LogP contribution in [0.3, 0.4) is 0 Å². The Hall–Kier alpha value is -0.120. The average Bonchev–Trinajstić information content (AvgIpc) is 2.12. The zero-order valence-corrected chi connectivity index (χ0v) is 8.05. The first kappa shape index (κ1) is 9.96. The molecule has 0 saturated carbocycles. The number of ether oxygens (including phenoxy) is 1. The number of nitrogens with zero attached hydrogens (tertiary/aromatic N) is 1. The second kappa shape index (κ2) is 4.21. The molecule has 1 aliphatic heterocycles. The molecule has 0 atom stereocenters. The van der Waals surface area contributed by atoms with Crippen LogP contribution in [0.4, 0.5) is 0 Å². The zero-order valence-electron chi connectivity index (χ0n) is 8.05. The van der Waals surface area contributed by atoms with Crippen molar-refractivity contribution in [1.82, 2.24) is 4.90 Å². The van der Waals surface area contributed by atoms with E-state index >= 15 is 0 Å². The second-order valence-corrected chi connectivity index (χ2v) is 4.05. The van der Waals surface area contributed by atoms with Crippen LogP contribution >= 0.6 is 0 Å². The lowest BCUT2D eigenvalue weighted by molar-refractivity contribution is 0.0351. The van der Waals surface area contributed by atoms with E-state index in [0.717, 1.165) is 39.3 Å².